The van der Waals surface area contributed by atoms with Crippen molar-refractivity contribution >= 4 is 0 Å². The molecule has 31 heavy (non-hydrogen) atoms. The highest BCUT2D eigenvalue weighted by Gasteiger charge is 2.45. The predicted molar refractivity (Wildman–Crippen MR) is 120 cm³/mol. The van der Waals surface area contributed by atoms with Crippen molar-refractivity contribution in [3.8, 4) is 0 Å². The smallest absolute Gasteiger partial charge is 0.174 e. The van der Waals surface area contributed by atoms with E-state index in [-0.39, 0.29) is 6.61 Å². The summed E-state index contributed by atoms with van der Waals surface area (Å²) in [5.41, 5.74) is 10.7. The van der Waals surface area contributed by atoms with E-state index in [9.17, 15) is 15.3 Å². The Bertz CT molecular complexity index is 685. The molecule has 176 valence electrons. The SMILES string of the molecule is CC(C)=CCC/C(C)=C/CC/C(C)=C/COCC1=CN([C@@H]2O[C@H](CO)[C@@H](O)[C@@H]2O)NN1. The maximum Gasteiger partial charge on any atom is 0.174 e. The molecule has 2 rings (SSSR count). The van der Waals surface area contributed by atoms with Crippen molar-refractivity contribution in [1.29, 1.82) is 0 Å². The van der Waals surface area contributed by atoms with Crippen molar-refractivity contribution in [2.45, 2.75) is 77.9 Å². The van der Waals surface area contributed by atoms with Gasteiger partial charge in [0.2, 0.25) is 0 Å². The maximum absolute atomic E-state index is 10.1. The Morgan fingerprint density at radius 1 is 1.06 bits per heavy atom. The first-order valence-corrected chi connectivity index (χ1v) is 11.0. The average molecular weight is 438 g/mol. The largest absolute Gasteiger partial charge is 0.394 e. The number of hydrazine groups is 2. The summed E-state index contributed by atoms with van der Waals surface area (Å²) in [6, 6.07) is 0. The van der Waals surface area contributed by atoms with Gasteiger partial charge in [0.1, 0.15) is 18.3 Å². The molecule has 0 radical (unpaired) electrons. The van der Waals surface area contributed by atoms with Gasteiger partial charge in [0, 0.05) is 6.20 Å². The Labute approximate surface area is 185 Å². The molecule has 2 aliphatic rings. The molecule has 0 aromatic carbocycles. The third kappa shape index (κ3) is 8.40. The minimum atomic E-state index is -1.13. The minimum absolute atomic E-state index is 0.355. The van der Waals surface area contributed by atoms with E-state index in [1.54, 1.807) is 6.20 Å². The third-order valence-corrected chi connectivity index (χ3v) is 5.36. The van der Waals surface area contributed by atoms with E-state index in [0.717, 1.165) is 31.4 Å². The highest BCUT2D eigenvalue weighted by molar-refractivity contribution is 5.07. The summed E-state index contributed by atoms with van der Waals surface area (Å²) in [7, 11) is 0. The summed E-state index contributed by atoms with van der Waals surface area (Å²) in [6.45, 7) is 9.11. The van der Waals surface area contributed by atoms with Crippen molar-refractivity contribution < 1.29 is 24.8 Å². The summed E-state index contributed by atoms with van der Waals surface area (Å²) in [6.07, 6.45) is 8.85. The lowest BCUT2D eigenvalue weighted by molar-refractivity contribution is -0.0959. The maximum atomic E-state index is 10.1. The highest BCUT2D eigenvalue weighted by Crippen LogP contribution is 2.24. The quantitative estimate of drug-likeness (QED) is 0.233. The second kappa shape index (κ2) is 13.0. The molecule has 8 heteroatoms. The number of aliphatic hydroxyl groups is 3. The minimum Gasteiger partial charge on any atom is -0.394 e. The van der Waals surface area contributed by atoms with E-state index in [1.165, 1.54) is 21.7 Å². The molecule has 0 amide bonds. The van der Waals surface area contributed by atoms with Crippen LogP contribution in [0.2, 0.25) is 0 Å². The normalized spacial score (nSPS) is 26.8. The Morgan fingerprint density at radius 3 is 2.39 bits per heavy atom. The molecule has 2 heterocycles. The van der Waals surface area contributed by atoms with Crippen molar-refractivity contribution in [3.63, 3.8) is 0 Å². The van der Waals surface area contributed by atoms with Gasteiger partial charge < -0.3 is 30.2 Å². The molecule has 4 atom stereocenters. The molecular formula is C23H39N3O5. The van der Waals surface area contributed by atoms with E-state index in [1.807, 2.05) is 0 Å². The van der Waals surface area contributed by atoms with E-state index in [4.69, 9.17) is 9.47 Å². The van der Waals surface area contributed by atoms with Gasteiger partial charge in [0.05, 0.1) is 25.5 Å². The molecule has 0 saturated carbocycles. The van der Waals surface area contributed by atoms with Crippen LogP contribution < -0.4 is 11.0 Å². The Balaban J connectivity index is 1.66. The summed E-state index contributed by atoms with van der Waals surface area (Å²) in [5.74, 6) is 0. The van der Waals surface area contributed by atoms with Gasteiger partial charge in [0.25, 0.3) is 0 Å². The number of allylic oxidation sites excluding steroid dienone is 5. The Morgan fingerprint density at radius 2 is 1.74 bits per heavy atom. The van der Waals surface area contributed by atoms with E-state index < -0.39 is 24.5 Å². The molecule has 5 N–H and O–H groups in total. The van der Waals surface area contributed by atoms with Gasteiger partial charge in [-0.25, -0.2) is 0 Å². The number of nitrogens with zero attached hydrogens (tertiary/aromatic N) is 1. The highest BCUT2D eigenvalue weighted by atomic mass is 16.6. The standard InChI is InChI=1S/C23H39N3O5/c1-16(2)7-5-8-17(3)9-6-10-18(4)11-12-30-15-19-13-26(25-24-19)23-22(29)21(28)20(14-27)31-23/h7,9,11,13,20-25,27-29H,5-6,8,10,12,14-15H2,1-4H3/b17-9+,18-11+/t20-,21-,22+,23-/m1/s1. The molecule has 1 saturated heterocycles. The van der Waals surface area contributed by atoms with Crippen molar-refractivity contribution in [2.75, 3.05) is 19.8 Å². The van der Waals surface area contributed by atoms with Gasteiger partial charge in [-0.05, 0) is 53.4 Å². The summed E-state index contributed by atoms with van der Waals surface area (Å²) >= 11 is 0. The van der Waals surface area contributed by atoms with Crippen LogP contribution in [0.5, 0.6) is 0 Å². The first kappa shape index (κ1) is 25.6. The van der Waals surface area contributed by atoms with Gasteiger partial charge in [-0.3, -0.25) is 5.01 Å². The molecule has 0 spiro atoms. The monoisotopic (exact) mass is 437 g/mol. The predicted octanol–water partition coefficient (Wildman–Crippen LogP) is 2.03. The lowest BCUT2D eigenvalue weighted by Gasteiger charge is -2.24. The van der Waals surface area contributed by atoms with Crippen LogP contribution in [-0.2, 0) is 9.47 Å². The number of nitrogens with one attached hydrogen (secondary N) is 2. The van der Waals surface area contributed by atoms with Gasteiger partial charge in [0.15, 0.2) is 6.23 Å². The zero-order valence-electron chi connectivity index (χ0n) is 19.2. The second-order valence-electron chi connectivity index (χ2n) is 8.50. The molecule has 0 bridgehead atoms. The number of hydrogen-bond acceptors (Lipinski definition) is 8. The van der Waals surface area contributed by atoms with Crippen LogP contribution in [0.25, 0.3) is 0 Å². The zero-order chi connectivity index (χ0) is 22.8. The lowest BCUT2D eigenvalue weighted by atomic mass is 10.1. The fourth-order valence-corrected chi connectivity index (χ4v) is 3.40. The Kier molecular flexibility index (Phi) is 10.7. The van der Waals surface area contributed by atoms with Crippen LogP contribution in [0.4, 0.5) is 0 Å². The van der Waals surface area contributed by atoms with E-state index in [2.05, 4.69) is 56.9 Å². The first-order chi connectivity index (χ1) is 14.8. The molecule has 0 aliphatic carbocycles. The lowest BCUT2D eigenvalue weighted by Crippen LogP contribution is -2.48. The summed E-state index contributed by atoms with van der Waals surface area (Å²) in [5, 5.41) is 30.7. The topological polar surface area (TPSA) is 106 Å². The van der Waals surface area contributed by atoms with Crippen LogP contribution in [0.3, 0.4) is 0 Å². The Hall–Kier alpha value is -1.68. The fraction of sp³-hybridized carbons (Fsp3) is 0.652. The number of hydrogen-bond donors (Lipinski definition) is 5. The van der Waals surface area contributed by atoms with E-state index >= 15 is 0 Å². The molecule has 0 unspecified atom stereocenters. The fourth-order valence-electron chi connectivity index (χ4n) is 3.40. The van der Waals surface area contributed by atoms with Crippen molar-refractivity contribution in [3.05, 3.63) is 46.8 Å². The molecular weight excluding hydrogens is 398 g/mol. The summed E-state index contributed by atoms with van der Waals surface area (Å²) in [4.78, 5) is 0. The molecule has 0 aromatic heterocycles. The van der Waals surface area contributed by atoms with Gasteiger partial charge in [-0.2, -0.15) is 0 Å². The molecule has 8 nitrogen and oxygen atoms in total. The molecule has 1 fully saturated rings. The van der Waals surface area contributed by atoms with Gasteiger partial charge in [-0.15, -0.1) is 5.53 Å². The zero-order valence-corrected chi connectivity index (χ0v) is 19.2. The number of rotatable bonds is 12. The van der Waals surface area contributed by atoms with Gasteiger partial charge >= 0.3 is 0 Å². The second-order valence-corrected chi connectivity index (χ2v) is 8.50. The van der Waals surface area contributed by atoms with Crippen LogP contribution in [-0.4, -0.2) is 64.7 Å². The van der Waals surface area contributed by atoms with Crippen LogP contribution in [0.15, 0.2) is 46.8 Å². The molecule has 0 aromatic rings. The molecule has 2 aliphatic heterocycles. The van der Waals surface area contributed by atoms with Crippen LogP contribution in [0.1, 0.15) is 53.4 Å². The number of ether oxygens (including phenoxy) is 2. The van der Waals surface area contributed by atoms with Crippen molar-refractivity contribution in [1.82, 2.24) is 16.0 Å². The third-order valence-electron chi connectivity index (χ3n) is 5.36. The van der Waals surface area contributed by atoms with Crippen LogP contribution in [0, 0.1) is 0 Å². The van der Waals surface area contributed by atoms with E-state index in [0.29, 0.717) is 13.2 Å². The van der Waals surface area contributed by atoms with Crippen molar-refractivity contribution in [2.24, 2.45) is 0 Å². The first-order valence-electron chi connectivity index (χ1n) is 11.0. The van der Waals surface area contributed by atoms with Gasteiger partial charge in [-0.1, -0.05) is 34.9 Å². The summed E-state index contributed by atoms with van der Waals surface area (Å²) < 4.78 is 11.2. The average Bonchev–Trinajstić information content (AvgIpc) is 3.30. The number of aliphatic hydroxyl groups excluding tert-OH is 3. The van der Waals surface area contributed by atoms with Crippen LogP contribution >= 0.6 is 0 Å².